The molecule has 0 saturated heterocycles. The summed E-state index contributed by atoms with van der Waals surface area (Å²) >= 11 is 0. The Kier molecular flexibility index (Phi) is 4.30. The van der Waals surface area contributed by atoms with Gasteiger partial charge < -0.3 is 10.6 Å². The summed E-state index contributed by atoms with van der Waals surface area (Å²) < 4.78 is 13.6. The molecule has 0 aliphatic carbocycles. The monoisotopic (exact) mass is 269 g/mol. The van der Waals surface area contributed by atoms with E-state index in [2.05, 4.69) is 10.6 Å². The van der Waals surface area contributed by atoms with Crippen LogP contribution >= 0.6 is 0 Å². The van der Waals surface area contributed by atoms with Crippen molar-refractivity contribution in [2.45, 2.75) is 6.54 Å². The summed E-state index contributed by atoms with van der Waals surface area (Å²) in [6.45, 7) is 0.352. The number of carbonyl (C=O) groups is 1. The maximum Gasteiger partial charge on any atom is 0.319 e. The molecular weight excluding hydrogens is 257 g/mol. The van der Waals surface area contributed by atoms with Crippen molar-refractivity contribution in [3.63, 3.8) is 0 Å². The zero-order chi connectivity index (χ0) is 14.4. The zero-order valence-corrected chi connectivity index (χ0v) is 10.6. The van der Waals surface area contributed by atoms with E-state index < -0.39 is 11.8 Å². The summed E-state index contributed by atoms with van der Waals surface area (Å²) in [6.07, 6.45) is 0. The van der Waals surface area contributed by atoms with Crippen LogP contribution in [-0.2, 0) is 6.54 Å². The number of hydrogen-bond acceptors (Lipinski definition) is 2. The quantitative estimate of drug-likeness (QED) is 0.899. The Morgan fingerprint density at radius 3 is 2.60 bits per heavy atom. The lowest BCUT2D eigenvalue weighted by atomic mass is 10.2. The lowest BCUT2D eigenvalue weighted by Crippen LogP contribution is -2.28. The van der Waals surface area contributed by atoms with Gasteiger partial charge >= 0.3 is 6.03 Å². The van der Waals surface area contributed by atoms with E-state index in [0.29, 0.717) is 6.54 Å². The molecular formula is C15H12FN3O. The van der Waals surface area contributed by atoms with E-state index in [-0.39, 0.29) is 11.3 Å². The minimum atomic E-state index is -0.640. The summed E-state index contributed by atoms with van der Waals surface area (Å²) in [5.41, 5.74) is 1.19. The SMILES string of the molecule is N#Cc1ccc(NC(=O)NCc2ccccc2)c(F)c1. The second-order valence-corrected chi connectivity index (χ2v) is 4.10. The van der Waals surface area contributed by atoms with Gasteiger partial charge in [-0.3, -0.25) is 0 Å². The highest BCUT2D eigenvalue weighted by atomic mass is 19.1. The van der Waals surface area contributed by atoms with Crippen molar-refractivity contribution < 1.29 is 9.18 Å². The van der Waals surface area contributed by atoms with Crippen molar-refractivity contribution >= 4 is 11.7 Å². The largest absolute Gasteiger partial charge is 0.334 e. The number of nitrogens with one attached hydrogen (secondary N) is 2. The first-order valence-electron chi connectivity index (χ1n) is 5.97. The van der Waals surface area contributed by atoms with E-state index in [9.17, 15) is 9.18 Å². The summed E-state index contributed by atoms with van der Waals surface area (Å²) in [6, 6.07) is 14.6. The predicted octanol–water partition coefficient (Wildman–Crippen LogP) is 3.02. The molecule has 2 rings (SSSR count). The van der Waals surface area contributed by atoms with Crippen LogP contribution in [0.25, 0.3) is 0 Å². The Morgan fingerprint density at radius 1 is 1.20 bits per heavy atom. The molecule has 0 atom stereocenters. The molecule has 20 heavy (non-hydrogen) atoms. The zero-order valence-electron chi connectivity index (χ0n) is 10.6. The lowest BCUT2D eigenvalue weighted by Gasteiger charge is -2.08. The third-order valence-electron chi connectivity index (χ3n) is 2.64. The predicted molar refractivity (Wildman–Crippen MR) is 73.4 cm³/mol. The molecule has 0 aromatic heterocycles. The Balaban J connectivity index is 1.93. The van der Waals surface area contributed by atoms with Gasteiger partial charge in [0.2, 0.25) is 0 Å². The second-order valence-electron chi connectivity index (χ2n) is 4.10. The van der Waals surface area contributed by atoms with Crippen LogP contribution in [0.3, 0.4) is 0 Å². The van der Waals surface area contributed by atoms with Crippen molar-refractivity contribution in [1.82, 2.24) is 5.32 Å². The summed E-state index contributed by atoms with van der Waals surface area (Å²) in [7, 11) is 0. The van der Waals surface area contributed by atoms with Gasteiger partial charge in [0.25, 0.3) is 0 Å². The minimum absolute atomic E-state index is 0.0366. The summed E-state index contributed by atoms with van der Waals surface area (Å²) in [5.74, 6) is -0.640. The van der Waals surface area contributed by atoms with Crippen LogP contribution in [-0.4, -0.2) is 6.03 Å². The van der Waals surface area contributed by atoms with Crippen LogP contribution in [0.5, 0.6) is 0 Å². The third-order valence-corrected chi connectivity index (χ3v) is 2.64. The number of anilines is 1. The molecule has 2 N–H and O–H groups in total. The minimum Gasteiger partial charge on any atom is -0.334 e. The first-order valence-corrected chi connectivity index (χ1v) is 5.97. The molecule has 0 aliphatic heterocycles. The number of benzene rings is 2. The topological polar surface area (TPSA) is 64.9 Å². The highest BCUT2D eigenvalue weighted by molar-refractivity contribution is 5.89. The summed E-state index contributed by atoms with van der Waals surface area (Å²) in [4.78, 5) is 11.6. The number of amides is 2. The molecule has 0 saturated carbocycles. The average molecular weight is 269 g/mol. The average Bonchev–Trinajstić information content (AvgIpc) is 2.48. The first-order chi connectivity index (χ1) is 9.69. The van der Waals surface area contributed by atoms with Gasteiger partial charge in [0.1, 0.15) is 5.82 Å². The van der Waals surface area contributed by atoms with Gasteiger partial charge in [-0.2, -0.15) is 5.26 Å². The first kappa shape index (κ1) is 13.6. The van der Waals surface area contributed by atoms with Crippen molar-refractivity contribution in [2.75, 3.05) is 5.32 Å². The molecule has 0 aliphatic rings. The molecule has 0 heterocycles. The number of urea groups is 1. The molecule has 100 valence electrons. The highest BCUT2D eigenvalue weighted by Crippen LogP contribution is 2.15. The van der Waals surface area contributed by atoms with Crippen LogP contribution < -0.4 is 10.6 Å². The number of hydrogen-bond donors (Lipinski definition) is 2. The maximum absolute atomic E-state index is 13.6. The fourth-order valence-corrected chi connectivity index (χ4v) is 1.63. The fourth-order valence-electron chi connectivity index (χ4n) is 1.63. The van der Waals surface area contributed by atoms with E-state index in [4.69, 9.17) is 5.26 Å². The van der Waals surface area contributed by atoms with Crippen LogP contribution in [0.4, 0.5) is 14.9 Å². The van der Waals surface area contributed by atoms with Gasteiger partial charge in [0.15, 0.2) is 0 Å². The molecule has 5 heteroatoms. The van der Waals surface area contributed by atoms with E-state index in [0.717, 1.165) is 11.6 Å². The van der Waals surface area contributed by atoms with Crippen molar-refractivity contribution in [1.29, 1.82) is 5.26 Å². The van der Waals surface area contributed by atoms with E-state index in [1.807, 2.05) is 36.4 Å². The molecule has 0 fully saturated rings. The van der Waals surface area contributed by atoms with Crippen LogP contribution in [0.15, 0.2) is 48.5 Å². The van der Waals surface area contributed by atoms with Crippen LogP contribution in [0, 0.1) is 17.1 Å². The molecule has 2 amide bonds. The number of nitrogens with zero attached hydrogens (tertiary/aromatic N) is 1. The molecule has 0 radical (unpaired) electrons. The second kappa shape index (κ2) is 6.34. The molecule has 0 unspecified atom stereocenters. The van der Waals surface area contributed by atoms with Gasteiger partial charge in [-0.25, -0.2) is 9.18 Å². The lowest BCUT2D eigenvalue weighted by molar-refractivity contribution is 0.251. The van der Waals surface area contributed by atoms with Gasteiger partial charge in [0.05, 0.1) is 17.3 Å². The van der Waals surface area contributed by atoms with Crippen LogP contribution in [0.2, 0.25) is 0 Å². The molecule has 2 aromatic rings. The highest BCUT2D eigenvalue weighted by Gasteiger charge is 2.07. The van der Waals surface area contributed by atoms with Gasteiger partial charge in [-0.15, -0.1) is 0 Å². The number of halogens is 1. The van der Waals surface area contributed by atoms with Crippen molar-refractivity contribution in [3.05, 3.63) is 65.5 Å². The molecule has 0 spiro atoms. The smallest absolute Gasteiger partial charge is 0.319 e. The Hall–Kier alpha value is -2.87. The third kappa shape index (κ3) is 3.56. The standard InChI is InChI=1S/C15H12FN3O/c16-13-8-12(9-17)6-7-14(13)19-15(20)18-10-11-4-2-1-3-5-11/h1-8H,10H2,(H2,18,19,20). The molecule has 2 aromatic carbocycles. The maximum atomic E-state index is 13.6. The van der Waals surface area contributed by atoms with E-state index in [1.165, 1.54) is 12.1 Å². The fraction of sp³-hybridized carbons (Fsp3) is 0.0667. The van der Waals surface area contributed by atoms with Crippen molar-refractivity contribution in [3.8, 4) is 6.07 Å². The Bertz CT molecular complexity index is 650. The number of carbonyl (C=O) groups excluding carboxylic acids is 1. The molecule has 4 nitrogen and oxygen atoms in total. The van der Waals surface area contributed by atoms with Gasteiger partial charge in [0, 0.05) is 6.54 Å². The van der Waals surface area contributed by atoms with E-state index >= 15 is 0 Å². The summed E-state index contributed by atoms with van der Waals surface area (Å²) in [5, 5.41) is 13.6. The van der Waals surface area contributed by atoms with Crippen LogP contribution in [0.1, 0.15) is 11.1 Å². The molecule has 0 bridgehead atoms. The number of rotatable bonds is 3. The van der Waals surface area contributed by atoms with Gasteiger partial charge in [-0.05, 0) is 23.8 Å². The normalized spacial score (nSPS) is 9.60. The Morgan fingerprint density at radius 2 is 1.95 bits per heavy atom. The van der Waals surface area contributed by atoms with E-state index in [1.54, 1.807) is 0 Å². The van der Waals surface area contributed by atoms with Gasteiger partial charge in [-0.1, -0.05) is 30.3 Å². The van der Waals surface area contributed by atoms with Crippen molar-refractivity contribution in [2.24, 2.45) is 0 Å². The number of nitriles is 1. The Labute approximate surface area is 115 Å².